The van der Waals surface area contributed by atoms with Gasteiger partial charge >= 0.3 is 5.97 Å². The van der Waals surface area contributed by atoms with Crippen LogP contribution in [0.15, 0.2) is 35.4 Å². The van der Waals surface area contributed by atoms with Crippen molar-refractivity contribution in [2.75, 3.05) is 0 Å². The summed E-state index contributed by atoms with van der Waals surface area (Å²) >= 11 is 7.48. The summed E-state index contributed by atoms with van der Waals surface area (Å²) < 4.78 is 6.95. The Labute approximate surface area is 178 Å². The van der Waals surface area contributed by atoms with Gasteiger partial charge in [0.1, 0.15) is 17.5 Å². The molecule has 1 aliphatic carbocycles. The van der Waals surface area contributed by atoms with E-state index in [9.17, 15) is 9.59 Å². The maximum absolute atomic E-state index is 13.2. The Morgan fingerprint density at radius 3 is 2.62 bits per heavy atom. The van der Waals surface area contributed by atoms with Crippen molar-refractivity contribution < 1.29 is 9.53 Å². The second-order valence-corrected chi connectivity index (χ2v) is 9.41. The Morgan fingerprint density at radius 1 is 1.24 bits per heavy atom. The number of nitrogens with zero attached hydrogens (tertiary/aromatic N) is 2. The van der Waals surface area contributed by atoms with Crippen LogP contribution in [-0.4, -0.2) is 21.6 Å². The SMILES string of the molecule is Cc1sc2ncn(CC(=O)OC3CCC(C)CC3)c(=O)c2c1-c1ccc(Cl)cc1. The molecule has 1 aromatic carbocycles. The molecule has 2 heterocycles. The normalized spacial score (nSPS) is 19.4. The fraction of sp³-hybridized carbons (Fsp3) is 0.409. The van der Waals surface area contributed by atoms with Gasteiger partial charge in [-0.2, -0.15) is 0 Å². The summed E-state index contributed by atoms with van der Waals surface area (Å²) in [4.78, 5) is 31.7. The predicted molar refractivity (Wildman–Crippen MR) is 117 cm³/mol. The summed E-state index contributed by atoms with van der Waals surface area (Å²) in [6.07, 6.45) is 5.33. The number of aromatic nitrogens is 2. The lowest BCUT2D eigenvalue weighted by Crippen LogP contribution is -2.29. The zero-order valence-electron chi connectivity index (χ0n) is 16.5. The van der Waals surface area contributed by atoms with Gasteiger partial charge in [-0.1, -0.05) is 30.7 Å². The standard InChI is InChI=1S/C22H23ClN2O3S/c1-13-3-9-17(10-4-13)28-18(26)11-25-12-24-21-20(22(25)27)19(14(2)29-21)15-5-7-16(23)8-6-15/h5-8,12-13,17H,3-4,9-11H2,1-2H3. The number of rotatable bonds is 4. The molecular weight excluding hydrogens is 408 g/mol. The summed E-state index contributed by atoms with van der Waals surface area (Å²) in [5.41, 5.74) is 1.54. The van der Waals surface area contributed by atoms with Crippen LogP contribution in [0.25, 0.3) is 21.3 Å². The highest BCUT2D eigenvalue weighted by Gasteiger charge is 2.23. The second-order valence-electron chi connectivity index (χ2n) is 7.77. The molecule has 4 rings (SSSR count). The van der Waals surface area contributed by atoms with E-state index >= 15 is 0 Å². The molecule has 5 nitrogen and oxygen atoms in total. The lowest BCUT2D eigenvalue weighted by atomic mass is 9.89. The topological polar surface area (TPSA) is 61.2 Å². The van der Waals surface area contributed by atoms with E-state index in [2.05, 4.69) is 11.9 Å². The first-order valence-corrected chi connectivity index (χ1v) is 11.1. The van der Waals surface area contributed by atoms with Crippen molar-refractivity contribution >= 4 is 39.1 Å². The van der Waals surface area contributed by atoms with Gasteiger partial charge in [0.2, 0.25) is 0 Å². The van der Waals surface area contributed by atoms with Gasteiger partial charge < -0.3 is 4.74 Å². The minimum Gasteiger partial charge on any atom is -0.461 e. The van der Waals surface area contributed by atoms with Crippen molar-refractivity contribution in [1.29, 1.82) is 0 Å². The molecule has 152 valence electrons. The van der Waals surface area contributed by atoms with Crippen LogP contribution in [0.1, 0.15) is 37.5 Å². The van der Waals surface area contributed by atoms with E-state index in [-0.39, 0.29) is 24.2 Å². The Hall–Kier alpha value is -2.18. The number of thiophene rings is 1. The molecule has 0 N–H and O–H groups in total. The van der Waals surface area contributed by atoms with Crippen molar-refractivity contribution in [2.45, 2.75) is 52.2 Å². The molecule has 1 saturated carbocycles. The zero-order chi connectivity index (χ0) is 20.5. The van der Waals surface area contributed by atoms with Crippen LogP contribution in [0, 0.1) is 12.8 Å². The van der Waals surface area contributed by atoms with Crippen LogP contribution >= 0.6 is 22.9 Å². The Bertz CT molecular complexity index is 1100. The van der Waals surface area contributed by atoms with Crippen LogP contribution in [-0.2, 0) is 16.1 Å². The first-order chi connectivity index (χ1) is 13.9. The molecule has 1 aliphatic rings. The van der Waals surface area contributed by atoms with Gasteiger partial charge in [-0.15, -0.1) is 11.3 Å². The zero-order valence-corrected chi connectivity index (χ0v) is 18.1. The molecule has 29 heavy (non-hydrogen) atoms. The van der Waals surface area contributed by atoms with Crippen LogP contribution in [0.3, 0.4) is 0 Å². The minimum absolute atomic E-state index is 0.0425. The van der Waals surface area contributed by atoms with Gasteiger partial charge in [-0.3, -0.25) is 14.2 Å². The van der Waals surface area contributed by atoms with Gasteiger partial charge in [-0.25, -0.2) is 4.98 Å². The predicted octanol–water partition coefficient (Wildman–Crippen LogP) is 5.21. The molecular formula is C22H23ClN2O3S. The van der Waals surface area contributed by atoms with Gasteiger partial charge in [0.05, 0.1) is 11.7 Å². The lowest BCUT2D eigenvalue weighted by Gasteiger charge is -2.26. The molecule has 1 fully saturated rings. The fourth-order valence-corrected chi connectivity index (χ4v) is 5.05. The smallest absolute Gasteiger partial charge is 0.326 e. The van der Waals surface area contributed by atoms with E-state index in [1.54, 1.807) is 12.1 Å². The Balaban J connectivity index is 1.62. The first-order valence-electron chi connectivity index (χ1n) is 9.86. The number of esters is 1. The number of carbonyl (C=O) groups is 1. The summed E-state index contributed by atoms with van der Waals surface area (Å²) in [5, 5.41) is 1.18. The number of aryl methyl sites for hydroxylation is 1. The van der Waals surface area contributed by atoms with E-state index in [1.165, 1.54) is 22.2 Å². The largest absolute Gasteiger partial charge is 0.461 e. The minimum atomic E-state index is -0.382. The van der Waals surface area contributed by atoms with E-state index in [1.807, 2.05) is 19.1 Å². The maximum Gasteiger partial charge on any atom is 0.326 e. The van der Waals surface area contributed by atoms with Crippen LogP contribution < -0.4 is 5.56 Å². The summed E-state index contributed by atoms with van der Waals surface area (Å²) in [5.74, 6) is 0.306. The molecule has 0 aliphatic heterocycles. The molecule has 0 amide bonds. The van der Waals surface area contributed by atoms with Crippen LogP contribution in [0.5, 0.6) is 0 Å². The third-order valence-corrected chi connectivity index (χ3v) is 6.81. The molecule has 0 unspecified atom stereocenters. The third kappa shape index (κ3) is 4.23. The molecule has 0 bridgehead atoms. The van der Waals surface area contributed by atoms with Crippen molar-refractivity contribution in [3.8, 4) is 11.1 Å². The third-order valence-electron chi connectivity index (χ3n) is 5.55. The van der Waals surface area contributed by atoms with E-state index in [0.717, 1.165) is 41.7 Å². The first kappa shape index (κ1) is 20.1. The second kappa shape index (κ2) is 8.28. The fourth-order valence-electron chi connectivity index (χ4n) is 3.92. The summed E-state index contributed by atoms with van der Waals surface area (Å²) in [7, 11) is 0. The summed E-state index contributed by atoms with van der Waals surface area (Å²) in [6, 6.07) is 7.39. The van der Waals surface area contributed by atoms with Crippen molar-refractivity contribution in [3.05, 3.63) is 50.8 Å². The van der Waals surface area contributed by atoms with Gasteiger partial charge in [0.25, 0.3) is 5.56 Å². The quantitative estimate of drug-likeness (QED) is 0.533. The number of carbonyl (C=O) groups excluding carboxylic acids is 1. The van der Waals surface area contributed by atoms with Gasteiger partial charge in [-0.05, 0) is 56.2 Å². The average molecular weight is 431 g/mol. The van der Waals surface area contributed by atoms with Crippen molar-refractivity contribution in [1.82, 2.24) is 9.55 Å². The number of ether oxygens (including phenoxy) is 1. The van der Waals surface area contributed by atoms with E-state index in [0.29, 0.717) is 21.2 Å². The molecule has 0 saturated heterocycles. The molecule has 0 spiro atoms. The average Bonchev–Trinajstić information content (AvgIpc) is 3.03. The number of hydrogen-bond donors (Lipinski definition) is 0. The van der Waals surface area contributed by atoms with E-state index in [4.69, 9.17) is 16.3 Å². The monoisotopic (exact) mass is 430 g/mol. The Morgan fingerprint density at radius 2 is 1.93 bits per heavy atom. The van der Waals surface area contributed by atoms with Gasteiger partial charge in [0, 0.05) is 15.5 Å². The molecule has 0 atom stereocenters. The molecule has 2 aromatic heterocycles. The Kier molecular flexibility index (Phi) is 5.74. The number of benzene rings is 1. The highest BCUT2D eigenvalue weighted by molar-refractivity contribution is 7.19. The summed E-state index contributed by atoms with van der Waals surface area (Å²) in [6.45, 7) is 4.07. The lowest BCUT2D eigenvalue weighted by molar-refractivity contribution is -0.151. The van der Waals surface area contributed by atoms with Crippen molar-refractivity contribution in [3.63, 3.8) is 0 Å². The molecule has 0 radical (unpaired) electrons. The van der Waals surface area contributed by atoms with Crippen LogP contribution in [0.4, 0.5) is 0 Å². The number of halogens is 1. The van der Waals surface area contributed by atoms with Crippen molar-refractivity contribution in [2.24, 2.45) is 5.92 Å². The van der Waals surface area contributed by atoms with Crippen LogP contribution in [0.2, 0.25) is 5.02 Å². The highest BCUT2D eigenvalue weighted by atomic mass is 35.5. The highest BCUT2D eigenvalue weighted by Crippen LogP contribution is 2.35. The number of fused-ring (bicyclic) bond motifs is 1. The maximum atomic E-state index is 13.2. The number of hydrogen-bond acceptors (Lipinski definition) is 5. The molecule has 7 heteroatoms. The van der Waals surface area contributed by atoms with E-state index < -0.39 is 0 Å². The molecule has 3 aromatic rings. The van der Waals surface area contributed by atoms with Gasteiger partial charge in [0.15, 0.2) is 0 Å².